The molecule has 1 atom stereocenters. The Balaban J connectivity index is 1.20. The summed E-state index contributed by atoms with van der Waals surface area (Å²) in [5.74, 6) is 3.86. The van der Waals surface area contributed by atoms with E-state index in [4.69, 9.17) is 4.74 Å². The normalized spacial score (nSPS) is 37.5. The van der Waals surface area contributed by atoms with Crippen molar-refractivity contribution in [1.29, 1.82) is 0 Å². The Kier molecular flexibility index (Phi) is 4.52. The van der Waals surface area contributed by atoms with Gasteiger partial charge in [-0.1, -0.05) is 12.1 Å². The number of aliphatic hydroxyl groups excluding tert-OH is 1. The van der Waals surface area contributed by atoms with Crippen LogP contribution >= 0.6 is 0 Å². The van der Waals surface area contributed by atoms with Gasteiger partial charge in [0.15, 0.2) is 0 Å². The quantitative estimate of drug-likeness (QED) is 0.763. The number of quaternary nitrogens is 1. The lowest BCUT2D eigenvalue weighted by molar-refractivity contribution is -0.900. The highest BCUT2D eigenvalue weighted by molar-refractivity contribution is 5.34. The highest BCUT2D eigenvalue weighted by Gasteiger charge is 2.51. The van der Waals surface area contributed by atoms with Crippen LogP contribution in [0.1, 0.15) is 56.9 Å². The molecule has 1 heterocycles. The Morgan fingerprint density at radius 2 is 1.56 bits per heavy atom. The fourth-order valence-corrected chi connectivity index (χ4v) is 7.40. The van der Waals surface area contributed by atoms with Crippen LogP contribution in [0.4, 0.5) is 0 Å². The standard InChI is InChI=1S/C24H36NO2/c1-25(8-2-3-9-25)16-22(26)17-27-23-6-4-21(5-7-23)24-13-18-10-19(14-24)12-20(11-18)15-24/h4-7,18-20,22,26H,2-3,8-17H2,1H3/q+1/t18?,19?,20?,22-,24?/m0/s1. The lowest BCUT2D eigenvalue weighted by Gasteiger charge is -2.57. The zero-order valence-corrected chi connectivity index (χ0v) is 16.9. The minimum atomic E-state index is -0.379. The molecule has 1 aromatic carbocycles. The van der Waals surface area contributed by atoms with Gasteiger partial charge in [-0.05, 0) is 79.4 Å². The summed E-state index contributed by atoms with van der Waals surface area (Å²) < 4.78 is 6.93. The third kappa shape index (κ3) is 3.53. The van der Waals surface area contributed by atoms with Crippen LogP contribution in [0.2, 0.25) is 0 Å². The van der Waals surface area contributed by atoms with Gasteiger partial charge in [0, 0.05) is 12.8 Å². The summed E-state index contributed by atoms with van der Waals surface area (Å²) in [6.07, 6.45) is 10.9. The van der Waals surface area contributed by atoms with E-state index in [2.05, 4.69) is 31.3 Å². The maximum Gasteiger partial charge on any atom is 0.137 e. The molecule has 27 heavy (non-hydrogen) atoms. The molecule has 0 amide bonds. The fraction of sp³-hybridized carbons (Fsp3) is 0.750. The van der Waals surface area contributed by atoms with Crippen molar-refractivity contribution in [3.8, 4) is 5.75 Å². The van der Waals surface area contributed by atoms with Crippen LogP contribution in [0.3, 0.4) is 0 Å². The molecular formula is C24H36NO2+. The zero-order chi connectivity index (χ0) is 18.5. The molecule has 1 N–H and O–H groups in total. The second kappa shape index (κ2) is 6.77. The van der Waals surface area contributed by atoms with Crippen molar-refractivity contribution in [1.82, 2.24) is 0 Å². The van der Waals surface area contributed by atoms with Crippen molar-refractivity contribution < 1.29 is 14.3 Å². The van der Waals surface area contributed by atoms with Gasteiger partial charge in [-0.3, -0.25) is 0 Å². The van der Waals surface area contributed by atoms with Gasteiger partial charge in [-0.15, -0.1) is 0 Å². The molecule has 3 heteroatoms. The summed E-state index contributed by atoms with van der Waals surface area (Å²) in [4.78, 5) is 0. The average Bonchev–Trinajstić information content (AvgIpc) is 3.05. The topological polar surface area (TPSA) is 29.5 Å². The Hall–Kier alpha value is -1.06. The van der Waals surface area contributed by atoms with Crippen LogP contribution < -0.4 is 4.74 Å². The molecule has 148 valence electrons. The SMILES string of the molecule is C[N+]1(C[C@H](O)COc2ccc(C34CC5CC(CC(C5)C3)C4)cc2)CCCC1. The van der Waals surface area contributed by atoms with Gasteiger partial charge in [0.25, 0.3) is 0 Å². The van der Waals surface area contributed by atoms with Crippen LogP contribution in [-0.2, 0) is 5.41 Å². The van der Waals surface area contributed by atoms with Crippen molar-refractivity contribution in [3.63, 3.8) is 0 Å². The lowest BCUT2D eigenvalue weighted by Crippen LogP contribution is -2.48. The number of hydrogen-bond acceptors (Lipinski definition) is 2. The van der Waals surface area contributed by atoms with E-state index < -0.39 is 0 Å². The first kappa shape index (κ1) is 18.0. The summed E-state index contributed by atoms with van der Waals surface area (Å²) in [5.41, 5.74) is 2.01. The molecule has 5 aliphatic rings. The number of likely N-dealkylation sites (tertiary alicyclic amines) is 1. The van der Waals surface area contributed by atoms with Crippen molar-refractivity contribution in [2.45, 2.75) is 62.9 Å². The molecule has 4 aliphatic carbocycles. The van der Waals surface area contributed by atoms with Crippen molar-refractivity contribution in [2.75, 3.05) is 33.3 Å². The summed E-state index contributed by atoms with van der Waals surface area (Å²) in [5, 5.41) is 10.4. The average molecular weight is 371 g/mol. The molecule has 0 unspecified atom stereocenters. The van der Waals surface area contributed by atoms with E-state index in [1.165, 1.54) is 64.5 Å². The molecule has 3 nitrogen and oxygen atoms in total. The number of ether oxygens (including phenoxy) is 1. The van der Waals surface area contributed by atoms with Gasteiger partial charge in [0.2, 0.25) is 0 Å². The number of hydrogen-bond donors (Lipinski definition) is 1. The second-order valence-corrected chi connectivity index (χ2v) is 10.6. The van der Waals surface area contributed by atoms with Gasteiger partial charge >= 0.3 is 0 Å². The van der Waals surface area contributed by atoms with Crippen molar-refractivity contribution in [3.05, 3.63) is 29.8 Å². The molecule has 0 radical (unpaired) electrons. The van der Waals surface area contributed by atoms with E-state index in [0.29, 0.717) is 12.0 Å². The van der Waals surface area contributed by atoms with E-state index in [9.17, 15) is 5.11 Å². The van der Waals surface area contributed by atoms with Gasteiger partial charge in [-0.25, -0.2) is 0 Å². The molecule has 4 saturated carbocycles. The Morgan fingerprint density at radius 3 is 2.11 bits per heavy atom. The zero-order valence-electron chi connectivity index (χ0n) is 16.9. The largest absolute Gasteiger partial charge is 0.491 e. The first-order valence-corrected chi connectivity index (χ1v) is 11.3. The van der Waals surface area contributed by atoms with Gasteiger partial charge < -0.3 is 14.3 Å². The second-order valence-electron chi connectivity index (χ2n) is 10.6. The number of rotatable bonds is 6. The lowest BCUT2D eigenvalue weighted by atomic mass is 9.48. The van der Waals surface area contributed by atoms with E-state index in [0.717, 1.165) is 34.5 Å². The minimum absolute atomic E-state index is 0.379. The molecule has 1 saturated heterocycles. The molecule has 0 spiro atoms. The number of likely N-dealkylation sites (N-methyl/N-ethyl adjacent to an activating group) is 1. The van der Waals surface area contributed by atoms with E-state index in [1.54, 1.807) is 5.56 Å². The number of nitrogens with zero attached hydrogens (tertiary/aromatic N) is 1. The number of benzene rings is 1. The summed E-state index contributed by atoms with van der Waals surface area (Å²) in [7, 11) is 2.26. The predicted octanol–water partition coefficient (Wildman–Crippen LogP) is 4.13. The van der Waals surface area contributed by atoms with Crippen molar-refractivity contribution in [2.24, 2.45) is 17.8 Å². The van der Waals surface area contributed by atoms with Crippen LogP contribution in [0.25, 0.3) is 0 Å². The third-order valence-corrected chi connectivity index (χ3v) is 8.24. The maximum absolute atomic E-state index is 10.4. The Bertz CT molecular complexity index is 626. The number of aliphatic hydroxyl groups is 1. The fourth-order valence-electron chi connectivity index (χ4n) is 7.40. The molecule has 0 aromatic heterocycles. The molecule has 1 aliphatic heterocycles. The highest BCUT2D eigenvalue weighted by atomic mass is 16.5. The molecule has 5 fully saturated rings. The molecule has 4 bridgehead atoms. The van der Waals surface area contributed by atoms with Crippen LogP contribution in [0.15, 0.2) is 24.3 Å². The first-order chi connectivity index (χ1) is 13.0. The van der Waals surface area contributed by atoms with Gasteiger partial charge in [-0.2, -0.15) is 0 Å². The van der Waals surface area contributed by atoms with Crippen molar-refractivity contribution >= 4 is 0 Å². The molecular weight excluding hydrogens is 334 g/mol. The van der Waals surface area contributed by atoms with Gasteiger partial charge in [0.05, 0.1) is 20.1 Å². The summed E-state index contributed by atoms with van der Waals surface area (Å²) >= 11 is 0. The maximum atomic E-state index is 10.4. The van der Waals surface area contributed by atoms with Crippen LogP contribution in [0, 0.1) is 17.8 Å². The van der Waals surface area contributed by atoms with Crippen LogP contribution in [0.5, 0.6) is 5.75 Å². The smallest absolute Gasteiger partial charge is 0.137 e. The predicted molar refractivity (Wildman–Crippen MR) is 108 cm³/mol. The van der Waals surface area contributed by atoms with Gasteiger partial charge in [0.1, 0.15) is 25.0 Å². The monoisotopic (exact) mass is 370 g/mol. The minimum Gasteiger partial charge on any atom is -0.491 e. The van der Waals surface area contributed by atoms with E-state index in [1.807, 2.05) is 0 Å². The Morgan fingerprint density at radius 1 is 1.00 bits per heavy atom. The van der Waals surface area contributed by atoms with E-state index >= 15 is 0 Å². The molecule has 1 aromatic rings. The third-order valence-electron chi connectivity index (χ3n) is 8.24. The summed E-state index contributed by atoms with van der Waals surface area (Å²) in [6, 6.07) is 8.94. The molecule has 6 rings (SSSR count). The van der Waals surface area contributed by atoms with E-state index in [-0.39, 0.29) is 6.10 Å². The summed E-state index contributed by atoms with van der Waals surface area (Å²) in [6.45, 7) is 3.60. The first-order valence-electron chi connectivity index (χ1n) is 11.3. The Labute approximate surface area is 164 Å². The van der Waals surface area contributed by atoms with Crippen LogP contribution in [-0.4, -0.2) is 49.0 Å². The highest BCUT2D eigenvalue weighted by Crippen LogP contribution is 2.60.